The molecule has 1 amide bonds. The van der Waals surface area contributed by atoms with Gasteiger partial charge in [0.1, 0.15) is 11.6 Å². The summed E-state index contributed by atoms with van der Waals surface area (Å²) in [5.41, 5.74) is 0.406. The number of carboxylic acids is 1. The fraction of sp³-hybridized carbons (Fsp3) is 0.105. The van der Waals surface area contributed by atoms with Gasteiger partial charge in [-0.05, 0) is 42.0 Å². The van der Waals surface area contributed by atoms with Crippen molar-refractivity contribution < 1.29 is 29.3 Å². The number of nitriles is 1. The van der Waals surface area contributed by atoms with Gasteiger partial charge in [0.25, 0.3) is 5.91 Å². The number of hydrogen-bond acceptors (Lipinski definition) is 6. The molecule has 8 heteroatoms. The van der Waals surface area contributed by atoms with Crippen LogP contribution in [0, 0.1) is 11.3 Å². The number of ether oxygens (including phenoxy) is 2. The topological polar surface area (TPSA) is 129 Å². The van der Waals surface area contributed by atoms with E-state index in [1.54, 1.807) is 6.07 Å². The summed E-state index contributed by atoms with van der Waals surface area (Å²) < 4.78 is 10.1. The number of phenolic OH excluding ortho intramolecular Hbond substituents is 1. The van der Waals surface area contributed by atoms with Crippen LogP contribution in [-0.4, -0.2) is 36.3 Å². The molecule has 2 aromatic rings. The summed E-state index contributed by atoms with van der Waals surface area (Å²) in [6, 6.07) is 10.3. The van der Waals surface area contributed by atoms with Crippen LogP contribution in [0.25, 0.3) is 6.08 Å². The van der Waals surface area contributed by atoms with Crippen LogP contribution in [-0.2, 0) is 4.79 Å². The number of amides is 1. The van der Waals surface area contributed by atoms with Crippen molar-refractivity contribution >= 4 is 23.6 Å². The normalized spacial score (nSPS) is 10.6. The Morgan fingerprint density at radius 1 is 1.15 bits per heavy atom. The molecular weight excluding hydrogens is 352 g/mol. The molecule has 2 rings (SSSR count). The molecule has 8 nitrogen and oxygen atoms in total. The van der Waals surface area contributed by atoms with Crippen LogP contribution in [0.5, 0.6) is 17.2 Å². The van der Waals surface area contributed by atoms with E-state index in [-0.39, 0.29) is 34.1 Å². The van der Waals surface area contributed by atoms with Crippen molar-refractivity contribution in [2.24, 2.45) is 0 Å². The number of phenols is 1. The minimum Gasteiger partial charge on any atom is -0.502 e. The predicted octanol–water partition coefficient (Wildman–Crippen LogP) is 2.65. The van der Waals surface area contributed by atoms with Crippen LogP contribution >= 0.6 is 0 Å². The quantitative estimate of drug-likeness (QED) is 0.528. The van der Waals surface area contributed by atoms with E-state index in [1.807, 2.05) is 0 Å². The van der Waals surface area contributed by atoms with Crippen molar-refractivity contribution in [1.82, 2.24) is 0 Å². The lowest BCUT2D eigenvalue weighted by molar-refractivity contribution is -0.112. The molecule has 2 aromatic carbocycles. The second-order valence-electron chi connectivity index (χ2n) is 5.28. The van der Waals surface area contributed by atoms with E-state index in [0.717, 1.165) is 0 Å². The highest BCUT2D eigenvalue weighted by molar-refractivity contribution is 6.10. The van der Waals surface area contributed by atoms with Crippen molar-refractivity contribution in [2.75, 3.05) is 19.5 Å². The summed E-state index contributed by atoms with van der Waals surface area (Å²) in [6.45, 7) is 0. The van der Waals surface area contributed by atoms with Crippen molar-refractivity contribution in [3.8, 4) is 23.3 Å². The number of benzene rings is 2. The molecule has 0 atom stereocenters. The SMILES string of the molecule is COc1cc(/C=C(/C#N)C(=O)Nc2cccc(C(=O)O)c2)cc(OC)c1O. The summed E-state index contributed by atoms with van der Waals surface area (Å²) in [5, 5.41) is 30.7. The van der Waals surface area contributed by atoms with Gasteiger partial charge in [0.15, 0.2) is 11.5 Å². The molecule has 3 N–H and O–H groups in total. The Morgan fingerprint density at radius 3 is 2.30 bits per heavy atom. The van der Waals surface area contributed by atoms with Crippen molar-refractivity contribution in [2.45, 2.75) is 0 Å². The predicted molar refractivity (Wildman–Crippen MR) is 96.8 cm³/mol. The number of anilines is 1. The van der Waals surface area contributed by atoms with Gasteiger partial charge in [-0.2, -0.15) is 5.26 Å². The summed E-state index contributed by atoms with van der Waals surface area (Å²) in [7, 11) is 2.71. The highest BCUT2D eigenvalue weighted by Gasteiger charge is 2.14. The van der Waals surface area contributed by atoms with Crippen LogP contribution in [0.15, 0.2) is 42.0 Å². The summed E-state index contributed by atoms with van der Waals surface area (Å²) >= 11 is 0. The fourth-order valence-corrected chi connectivity index (χ4v) is 2.24. The third kappa shape index (κ3) is 4.55. The molecule has 0 aliphatic rings. The number of nitrogens with zero attached hydrogens (tertiary/aromatic N) is 1. The first-order valence-corrected chi connectivity index (χ1v) is 7.61. The summed E-state index contributed by atoms with van der Waals surface area (Å²) in [4.78, 5) is 23.3. The van der Waals surface area contributed by atoms with E-state index in [1.165, 1.54) is 56.7 Å². The van der Waals surface area contributed by atoms with E-state index < -0.39 is 11.9 Å². The van der Waals surface area contributed by atoms with E-state index in [2.05, 4.69) is 5.32 Å². The Kier molecular flexibility index (Phi) is 6.02. The smallest absolute Gasteiger partial charge is 0.335 e. The maximum Gasteiger partial charge on any atom is 0.335 e. The average Bonchev–Trinajstić information content (AvgIpc) is 2.66. The number of hydrogen-bond donors (Lipinski definition) is 3. The number of aromatic carboxylic acids is 1. The van der Waals surface area contributed by atoms with Gasteiger partial charge in [0.05, 0.1) is 19.8 Å². The maximum absolute atomic E-state index is 12.3. The summed E-state index contributed by atoms with van der Waals surface area (Å²) in [5.74, 6) is -1.82. The van der Waals surface area contributed by atoms with Crippen LogP contribution in [0.3, 0.4) is 0 Å². The number of carbonyl (C=O) groups excluding carboxylic acids is 1. The first-order valence-electron chi connectivity index (χ1n) is 7.61. The molecule has 0 fully saturated rings. The molecule has 0 heterocycles. The van der Waals surface area contributed by atoms with E-state index >= 15 is 0 Å². The zero-order chi connectivity index (χ0) is 20.0. The van der Waals surface area contributed by atoms with Gasteiger partial charge in [-0.15, -0.1) is 0 Å². The van der Waals surface area contributed by atoms with Gasteiger partial charge in [0, 0.05) is 5.69 Å². The zero-order valence-corrected chi connectivity index (χ0v) is 14.5. The Morgan fingerprint density at radius 2 is 1.78 bits per heavy atom. The van der Waals surface area contributed by atoms with Gasteiger partial charge < -0.3 is 25.0 Å². The number of carboxylic acid groups (broad SMARTS) is 1. The Hall–Kier alpha value is -3.99. The standard InChI is InChI=1S/C19H16N2O6/c1-26-15-7-11(8-16(27-2)17(15)22)6-13(10-20)18(23)21-14-5-3-4-12(9-14)19(24)25/h3-9,22H,1-2H3,(H,21,23)(H,24,25)/b13-6-. The molecular formula is C19H16N2O6. The lowest BCUT2D eigenvalue weighted by Gasteiger charge is -2.10. The highest BCUT2D eigenvalue weighted by atomic mass is 16.5. The first kappa shape index (κ1) is 19.3. The van der Waals surface area contributed by atoms with Crippen molar-refractivity contribution in [3.05, 3.63) is 53.1 Å². The molecule has 0 saturated carbocycles. The van der Waals surface area contributed by atoms with Gasteiger partial charge in [0.2, 0.25) is 5.75 Å². The molecule has 0 aromatic heterocycles. The van der Waals surface area contributed by atoms with Gasteiger partial charge >= 0.3 is 5.97 Å². The monoisotopic (exact) mass is 368 g/mol. The van der Waals surface area contributed by atoms with Crippen LogP contribution in [0.1, 0.15) is 15.9 Å². The molecule has 0 unspecified atom stereocenters. The maximum atomic E-state index is 12.3. The molecule has 138 valence electrons. The number of carbonyl (C=O) groups is 2. The molecule has 0 aliphatic carbocycles. The lowest BCUT2D eigenvalue weighted by atomic mass is 10.1. The third-order valence-corrected chi connectivity index (χ3v) is 3.55. The van der Waals surface area contributed by atoms with Gasteiger partial charge in [-0.3, -0.25) is 4.79 Å². The minimum atomic E-state index is -1.13. The van der Waals surface area contributed by atoms with E-state index in [4.69, 9.17) is 14.6 Å². The molecule has 0 radical (unpaired) electrons. The van der Waals surface area contributed by atoms with Crippen molar-refractivity contribution in [3.63, 3.8) is 0 Å². The largest absolute Gasteiger partial charge is 0.502 e. The molecule has 0 bridgehead atoms. The summed E-state index contributed by atoms with van der Waals surface area (Å²) in [6.07, 6.45) is 1.29. The number of methoxy groups -OCH3 is 2. The van der Waals surface area contributed by atoms with Crippen LogP contribution < -0.4 is 14.8 Å². The Labute approximate surface area is 154 Å². The first-order chi connectivity index (χ1) is 12.9. The highest BCUT2D eigenvalue weighted by Crippen LogP contribution is 2.37. The third-order valence-electron chi connectivity index (χ3n) is 3.55. The number of nitrogens with one attached hydrogen (secondary N) is 1. The zero-order valence-electron chi connectivity index (χ0n) is 14.5. The van der Waals surface area contributed by atoms with Gasteiger partial charge in [-0.1, -0.05) is 6.07 Å². The van der Waals surface area contributed by atoms with Crippen LogP contribution in [0.4, 0.5) is 5.69 Å². The molecule has 0 aliphatic heterocycles. The van der Waals surface area contributed by atoms with Gasteiger partial charge in [-0.25, -0.2) is 4.79 Å². The number of aromatic hydroxyl groups is 1. The van der Waals surface area contributed by atoms with E-state index in [9.17, 15) is 20.0 Å². The number of rotatable bonds is 6. The van der Waals surface area contributed by atoms with E-state index in [0.29, 0.717) is 5.56 Å². The molecule has 0 saturated heterocycles. The minimum absolute atomic E-state index is 0.00305. The second kappa shape index (κ2) is 8.40. The molecule has 27 heavy (non-hydrogen) atoms. The van der Waals surface area contributed by atoms with Crippen LogP contribution in [0.2, 0.25) is 0 Å². The lowest BCUT2D eigenvalue weighted by Crippen LogP contribution is -2.14. The molecule has 0 spiro atoms. The Balaban J connectivity index is 2.33. The fourth-order valence-electron chi connectivity index (χ4n) is 2.24. The Bertz CT molecular complexity index is 934. The van der Waals surface area contributed by atoms with Crippen molar-refractivity contribution in [1.29, 1.82) is 5.26 Å². The average molecular weight is 368 g/mol. The second-order valence-corrected chi connectivity index (χ2v) is 5.28.